The SMILES string of the molecule is CCCCSC([Se])=NC(=O)c1ccc(C)cc1. The molecule has 0 bridgehead atoms. The molecular weight excluding hydrogens is 297 g/mol. The van der Waals surface area contributed by atoms with Gasteiger partial charge in [-0.15, -0.1) is 0 Å². The van der Waals surface area contributed by atoms with Gasteiger partial charge in [0, 0.05) is 0 Å². The van der Waals surface area contributed by atoms with E-state index >= 15 is 0 Å². The molecule has 1 amide bonds. The van der Waals surface area contributed by atoms with Gasteiger partial charge in [-0.25, -0.2) is 0 Å². The molecule has 0 aliphatic carbocycles. The van der Waals surface area contributed by atoms with Gasteiger partial charge in [-0.3, -0.25) is 0 Å². The number of unbranched alkanes of at least 4 members (excludes halogenated alkanes) is 1. The number of thioether (sulfide) groups is 1. The molecule has 1 radical (unpaired) electrons. The second-order valence-corrected chi connectivity index (χ2v) is 6.23. The van der Waals surface area contributed by atoms with Gasteiger partial charge in [-0.05, 0) is 0 Å². The number of aryl methyl sites for hydroxylation is 1. The zero-order valence-electron chi connectivity index (χ0n) is 10.1. The average Bonchev–Trinajstić information content (AvgIpc) is 2.30. The molecule has 0 unspecified atom stereocenters. The van der Waals surface area contributed by atoms with E-state index in [-0.39, 0.29) is 5.91 Å². The molecule has 1 aromatic rings. The van der Waals surface area contributed by atoms with E-state index in [0.29, 0.717) is 5.56 Å². The van der Waals surface area contributed by atoms with Crippen LogP contribution in [0.1, 0.15) is 35.7 Å². The number of amides is 1. The maximum atomic E-state index is 11.8. The Balaban J connectivity index is 2.58. The molecule has 4 heteroatoms. The Morgan fingerprint density at radius 2 is 2.00 bits per heavy atom. The van der Waals surface area contributed by atoms with E-state index in [9.17, 15) is 4.79 Å². The van der Waals surface area contributed by atoms with Gasteiger partial charge in [0.2, 0.25) is 0 Å². The summed E-state index contributed by atoms with van der Waals surface area (Å²) in [5.41, 5.74) is 1.78. The summed E-state index contributed by atoms with van der Waals surface area (Å²) in [6.45, 7) is 4.14. The summed E-state index contributed by atoms with van der Waals surface area (Å²) in [6.07, 6.45) is 2.30. The Labute approximate surface area is 115 Å². The topological polar surface area (TPSA) is 29.4 Å². The third-order valence-corrected chi connectivity index (χ3v) is 3.98. The summed E-state index contributed by atoms with van der Waals surface area (Å²) in [5, 5.41) is 0. The Morgan fingerprint density at radius 3 is 2.59 bits per heavy atom. The molecule has 17 heavy (non-hydrogen) atoms. The summed E-state index contributed by atoms with van der Waals surface area (Å²) < 4.78 is 0.726. The van der Waals surface area contributed by atoms with Gasteiger partial charge in [0.1, 0.15) is 0 Å². The van der Waals surface area contributed by atoms with Crippen LogP contribution in [0.3, 0.4) is 0 Å². The van der Waals surface area contributed by atoms with E-state index < -0.39 is 0 Å². The first-order valence-corrected chi connectivity index (χ1v) is 7.47. The molecule has 1 rings (SSSR count). The molecule has 2 nitrogen and oxygen atoms in total. The molecule has 0 aliphatic heterocycles. The molecule has 91 valence electrons. The Hall–Kier alpha value is -0.571. The van der Waals surface area contributed by atoms with E-state index in [0.717, 1.165) is 28.1 Å². The molecular formula is C13H16NOSSe. The first-order valence-electron chi connectivity index (χ1n) is 5.63. The molecule has 0 aliphatic rings. The van der Waals surface area contributed by atoms with Crippen LogP contribution >= 0.6 is 11.8 Å². The predicted molar refractivity (Wildman–Crippen MR) is 76.1 cm³/mol. The van der Waals surface area contributed by atoms with Crippen LogP contribution in [-0.2, 0) is 0 Å². The fourth-order valence-corrected chi connectivity index (χ4v) is 2.63. The maximum absolute atomic E-state index is 11.8. The third kappa shape index (κ3) is 5.53. The number of rotatable bonds is 4. The standard InChI is InChI=1S/C13H16NOSSe/c1-3-4-9-16-13(17)14-12(15)11-7-5-10(2)6-8-11/h5-8H,3-4,9H2,1-2H3. The van der Waals surface area contributed by atoms with Crippen LogP contribution in [0.25, 0.3) is 0 Å². The van der Waals surface area contributed by atoms with Crippen molar-refractivity contribution in [3.05, 3.63) is 35.4 Å². The first-order chi connectivity index (χ1) is 8.13. The van der Waals surface area contributed by atoms with Crippen molar-refractivity contribution >= 4 is 37.6 Å². The Bertz CT molecular complexity index is 400. The van der Waals surface area contributed by atoms with Crippen molar-refractivity contribution in [2.45, 2.75) is 26.7 Å². The van der Waals surface area contributed by atoms with Crippen LogP contribution in [0.4, 0.5) is 0 Å². The van der Waals surface area contributed by atoms with Crippen LogP contribution in [0, 0.1) is 6.92 Å². The number of aliphatic imine (C=N–C) groups is 1. The second kappa shape index (κ2) is 7.70. The number of hydrogen-bond donors (Lipinski definition) is 0. The van der Waals surface area contributed by atoms with Crippen molar-refractivity contribution in [3.8, 4) is 0 Å². The van der Waals surface area contributed by atoms with E-state index in [4.69, 9.17) is 0 Å². The minimum absolute atomic E-state index is 0.178. The van der Waals surface area contributed by atoms with Gasteiger partial charge in [0.25, 0.3) is 0 Å². The van der Waals surface area contributed by atoms with Crippen molar-refractivity contribution in [1.82, 2.24) is 0 Å². The van der Waals surface area contributed by atoms with Crippen molar-refractivity contribution in [3.63, 3.8) is 0 Å². The van der Waals surface area contributed by atoms with E-state index in [1.807, 2.05) is 31.2 Å². The molecule has 1 aromatic carbocycles. The fraction of sp³-hybridized carbons (Fsp3) is 0.385. The Morgan fingerprint density at radius 1 is 1.35 bits per heavy atom. The summed E-state index contributed by atoms with van der Waals surface area (Å²) in [7, 11) is 0. The predicted octanol–water partition coefficient (Wildman–Crippen LogP) is 3.19. The van der Waals surface area contributed by atoms with Gasteiger partial charge in [0.05, 0.1) is 0 Å². The van der Waals surface area contributed by atoms with Gasteiger partial charge >= 0.3 is 115 Å². The number of nitrogens with zero attached hydrogens (tertiary/aromatic N) is 1. The summed E-state index contributed by atoms with van der Waals surface area (Å²) in [6, 6.07) is 7.47. The molecule has 0 atom stereocenters. The minimum atomic E-state index is -0.178. The molecule has 0 spiro atoms. The number of carbonyl (C=O) groups is 1. The third-order valence-electron chi connectivity index (χ3n) is 2.21. The van der Waals surface area contributed by atoms with Crippen LogP contribution in [0.2, 0.25) is 0 Å². The van der Waals surface area contributed by atoms with E-state index in [1.165, 1.54) is 0 Å². The van der Waals surface area contributed by atoms with Crippen LogP contribution in [-0.4, -0.2) is 31.6 Å². The van der Waals surface area contributed by atoms with Crippen molar-refractivity contribution in [1.29, 1.82) is 0 Å². The molecule has 0 heterocycles. The summed E-state index contributed by atoms with van der Waals surface area (Å²) in [4.78, 5) is 15.8. The van der Waals surface area contributed by atoms with Crippen LogP contribution in [0.15, 0.2) is 29.3 Å². The van der Waals surface area contributed by atoms with Crippen molar-refractivity contribution < 1.29 is 4.79 Å². The van der Waals surface area contributed by atoms with Gasteiger partial charge < -0.3 is 0 Å². The second-order valence-electron chi connectivity index (χ2n) is 3.75. The molecule has 0 saturated heterocycles. The molecule has 0 fully saturated rings. The zero-order chi connectivity index (χ0) is 12.7. The zero-order valence-corrected chi connectivity index (χ0v) is 12.6. The summed E-state index contributed by atoms with van der Waals surface area (Å²) in [5.74, 6) is 0.825. The van der Waals surface area contributed by atoms with Gasteiger partial charge in [-0.1, -0.05) is 0 Å². The number of carbonyl (C=O) groups excluding carboxylic acids is 1. The van der Waals surface area contributed by atoms with Gasteiger partial charge in [-0.2, -0.15) is 0 Å². The van der Waals surface area contributed by atoms with Crippen LogP contribution in [0.5, 0.6) is 0 Å². The first kappa shape index (κ1) is 14.5. The Kier molecular flexibility index (Phi) is 6.56. The van der Waals surface area contributed by atoms with Gasteiger partial charge in [0.15, 0.2) is 0 Å². The van der Waals surface area contributed by atoms with Crippen LogP contribution < -0.4 is 0 Å². The average molecular weight is 313 g/mol. The monoisotopic (exact) mass is 314 g/mol. The quantitative estimate of drug-likeness (QED) is 0.370. The number of benzene rings is 1. The van der Waals surface area contributed by atoms with Crippen molar-refractivity contribution in [2.75, 3.05) is 5.75 Å². The molecule has 0 aromatic heterocycles. The fourth-order valence-electron chi connectivity index (χ4n) is 1.18. The van der Waals surface area contributed by atoms with Crippen molar-refractivity contribution in [2.24, 2.45) is 4.99 Å². The number of hydrogen-bond acceptors (Lipinski definition) is 2. The van der Waals surface area contributed by atoms with E-state index in [2.05, 4.69) is 27.9 Å². The molecule has 0 N–H and O–H groups in total. The van der Waals surface area contributed by atoms with E-state index in [1.54, 1.807) is 11.8 Å². The normalized spacial score (nSPS) is 11.5. The molecule has 0 saturated carbocycles. The summed E-state index contributed by atoms with van der Waals surface area (Å²) >= 11 is 4.44.